The van der Waals surface area contributed by atoms with Gasteiger partial charge in [0, 0.05) is 40.7 Å². The number of nitro benzene ring substituents is 1. The van der Waals surface area contributed by atoms with E-state index in [1.54, 1.807) is 30.3 Å². The molecule has 3 rings (SSSR count). The molecule has 0 atom stereocenters. The number of nitrogens with zero attached hydrogens (tertiary/aromatic N) is 3. The topological polar surface area (TPSA) is 109 Å². The molecule has 0 spiro atoms. The number of carbonyl (C=O) groups excluding carboxylic acids is 1. The molecule has 8 heteroatoms. The van der Waals surface area contributed by atoms with Crippen molar-refractivity contribution in [3.05, 3.63) is 92.1 Å². The van der Waals surface area contributed by atoms with Crippen molar-refractivity contribution in [2.24, 2.45) is 0 Å². The van der Waals surface area contributed by atoms with E-state index in [9.17, 15) is 20.2 Å². The molecule has 1 heterocycles. The zero-order valence-electron chi connectivity index (χ0n) is 14.7. The van der Waals surface area contributed by atoms with Crippen molar-refractivity contribution in [2.75, 3.05) is 5.32 Å². The zero-order valence-corrected chi connectivity index (χ0v) is 15.6. The van der Waals surface area contributed by atoms with Gasteiger partial charge in [0.25, 0.3) is 5.69 Å². The molecule has 0 unspecified atom stereocenters. The molecule has 7 nitrogen and oxygen atoms in total. The average Bonchev–Trinajstić information content (AvgIpc) is 3.14. The summed E-state index contributed by atoms with van der Waals surface area (Å²) in [7, 11) is 0. The summed E-state index contributed by atoms with van der Waals surface area (Å²) in [6.07, 6.45) is 1.45. The third-order valence-corrected chi connectivity index (χ3v) is 4.83. The fourth-order valence-corrected chi connectivity index (χ4v) is 3.24. The van der Waals surface area contributed by atoms with Gasteiger partial charge in [-0.15, -0.1) is 11.3 Å². The molecule has 0 saturated heterocycles. The Bertz CT molecular complexity index is 1110. The number of ketones is 1. The summed E-state index contributed by atoms with van der Waals surface area (Å²) in [6, 6.07) is 14.5. The van der Waals surface area contributed by atoms with Crippen molar-refractivity contribution in [1.29, 1.82) is 5.26 Å². The first-order valence-corrected chi connectivity index (χ1v) is 9.05. The van der Waals surface area contributed by atoms with Crippen LogP contribution in [0.25, 0.3) is 5.57 Å². The highest BCUT2D eigenvalue weighted by Crippen LogP contribution is 2.26. The molecule has 1 N–H and O–H groups in total. The lowest BCUT2D eigenvalue weighted by molar-refractivity contribution is -0.384. The Labute approximate surface area is 164 Å². The minimum atomic E-state index is -0.555. The summed E-state index contributed by atoms with van der Waals surface area (Å²) >= 11 is 1.33. The van der Waals surface area contributed by atoms with Crippen molar-refractivity contribution in [3.63, 3.8) is 0 Å². The van der Waals surface area contributed by atoms with E-state index in [-0.39, 0.29) is 17.0 Å². The van der Waals surface area contributed by atoms with Crippen LogP contribution in [0.5, 0.6) is 0 Å². The van der Waals surface area contributed by atoms with Gasteiger partial charge in [-0.25, -0.2) is 4.98 Å². The second kappa shape index (κ2) is 8.24. The highest BCUT2D eigenvalue weighted by molar-refractivity contribution is 7.10. The number of nitriles is 1. The van der Waals surface area contributed by atoms with Crippen molar-refractivity contribution < 1.29 is 9.72 Å². The Morgan fingerprint density at radius 3 is 2.64 bits per heavy atom. The van der Waals surface area contributed by atoms with Crippen LogP contribution in [-0.4, -0.2) is 15.7 Å². The lowest BCUT2D eigenvalue weighted by atomic mass is 10.0. The number of non-ortho nitro benzene ring substituents is 1. The van der Waals surface area contributed by atoms with Crippen LogP contribution in [-0.2, 0) is 0 Å². The number of aryl methyl sites for hydroxylation is 1. The van der Waals surface area contributed by atoms with E-state index >= 15 is 0 Å². The van der Waals surface area contributed by atoms with Crippen molar-refractivity contribution in [3.8, 4) is 6.07 Å². The third kappa shape index (κ3) is 4.11. The Morgan fingerprint density at radius 2 is 2.04 bits per heavy atom. The maximum Gasteiger partial charge on any atom is 0.270 e. The van der Waals surface area contributed by atoms with Gasteiger partial charge in [-0.1, -0.05) is 30.3 Å². The molecular formula is C20H14N4O3S. The smallest absolute Gasteiger partial charge is 0.270 e. The van der Waals surface area contributed by atoms with Gasteiger partial charge in [0.15, 0.2) is 5.78 Å². The minimum Gasteiger partial charge on any atom is -0.360 e. The first-order valence-electron chi connectivity index (χ1n) is 8.17. The Hall–Kier alpha value is -3.83. The SMILES string of the molecule is Cc1csc(/C(C#N)=C/Nc2ccc([N+](=O)[O-])cc2C(=O)c2ccccc2)n1. The summed E-state index contributed by atoms with van der Waals surface area (Å²) in [4.78, 5) is 27.7. The number of anilines is 1. The number of rotatable bonds is 6. The summed E-state index contributed by atoms with van der Waals surface area (Å²) in [5.41, 5.74) is 1.83. The van der Waals surface area contributed by atoms with Crippen molar-refractivity contribution in [2.45, 2.75) is 6.92 Å². The van der Waals surface area contributed by atoms with Crippen LogP contribution in [0.1, 0.15) is 26.6 Å². The Kier molecular flexibility index (Phi) is 5.58. The molecule has 0 aliphatic carbocycles. The molecule has 1 aromatic heterocycles. The predicted octanol–water partition coefficient (Wildman–Crippen LogP) is 4.57. The maximum absolute atomic E-state index is 12.9. The quantitative estimate of drug-likeness (QED) is 0.286. The van der Waals surface area contributed by atoms with Gasteiger partial charge in [-0.05, 0) is 13.0 Å². The molecular weight excluding hydrogens is 376 g/mol. The molecule has 0 amide bonds. The fourth-order valence-electron chi connectivity index (χ4n) is 2.47. The van der Waals surface area contributed by atoms with E-state index in [1.807, 2.05) is 12.3 Å². The van der Waals surface area contributed by atoms with Crippen LogP contribution in [0.4, 0.5) is 11.4 Å². The van der Waals surface area contributed by atoms with E-state index < -0.39 is 4.92 Å². The Balaban J connectivity index is 2.00. The number of benzene rings is 2. The highest BCUT2D eigenvalue weighted by Gasteiger charge is 2.18. The van der Waals surface area contributed by atoms with Gasteiger partial charge >= 0.3 is 0 Å². The van der Waals surface area contributed by atoms with E-state index in [4.69, 9.17) is 0 Å². The van der Waals surface area contributed by atoms with E-state index in [1.165, 1.54) is 35.7 Å². The first kappa shape index (κ1) is 18.9. The molecule has 0 fully saturated rings. The molecule has 0 radical (unpaired) electrons. The first-order chi connectivity index (χ1) is 13.5. The van der Waals surface area contributed by atoms with Gasteiger partial charge in [-0.3, -0.25) is 14.9 Å². The molecule has 2 aromatic carbocycles. The summed E-state index contributed by atoms with van der Waals surface area (Å²) in [5, 5.41) is 25.8. The number of allylic oxidation sites excluding steroid dienone is 1. The highest BCUT2D eigenvalue weighted by atomic mass is 32.1. The van der Waals surface area contributed by atoms with Gasteiger partial charge in [0.2, 0.25) is 0 Å². The molecule has 28 heavy (non-hydrogen) atoms. The van der Waals surface area contributed by atoms with E-state index in [0.29, 0.717) is 21.8 Å². The van der Waals surface area contributed by atoms with Crippen LogP contribution in [0.2, 0.25) is 0 Å². The number of aromatic nitrogens is 1. The van der Waals surface area contributed by atoms with Gasteiger partial charge in [0.05, 0.1) is 10.5 Å². The zero-order chi connectivity index (χ0) is 20.1. The van der Waals surface area contributed by atoms with Gasteiger partial charge < -0.3 is 5.32 Å². The van der Waals surface area contributed by atoms with E-state index in [0.717, 1.165) is 5.69 Å². The number of nitrogens with one attached hydrogen (secondary N) is 1. The number of thiazole rings is 1. The number of carbonyl (C=O) groups is 1. The standard InChI is InChI=1S/C20H14N4O3S/c1-13-12-28-20(23-13)15(10-21)11-22-18-8-7-16(24(26)27)9-17(18)19(25)14-5-3-2-4-6-14/h2-9,11-12,22H,1H3/b15-11+. The summed E-state index contributed by atoms with van der Waals surface area (Å²) in [6.45, 7) is 1.83. The van der Waals surface area contributed by atoms with Gasteiger partial charge in [0.1, 0.15) is 16.6 Å². The summed E-state index contributed by atoms with van der Waals surface area (Å²) in [5.74, 6) is -0.358. The number of hydrogen-bond acceptors (Lipinski definition) is 7. The van der Waals surface area contributed by atoms with Crippen LogP contribution < -0.4 is 5.32 Å². The van der Waals surface area contributed by atoms with Crippen LogP contribution in [0.15, 0.2) is 60.1 Å². The van der Waals surface area contributed by atoms with Crippen molar-refractivity contribution >= 4 is 34.1 Å². The molecule has 0 bridgehead atoms. The predicted molar refractivity (Wildman–Crippen MR) is 107 cm³/mol. The monoisotopic (exact) mass is 390 g/mol. The molecule has 0 saturated carbocycles. The largest absolute Gasteiger partial charge is 0.360 e. The molecule has 3 aromatic rings. The van der Waals surface area contributed by atoms with Crippen LogP contribution >= 0.6 is 11.3 Å². The molecule has 138 valence electrons. The number of hydrogen-bond donors (Lipinski definition) is 1. The lowest BCUT2D eigenvalue weighted by Gasteiger charge is -2.09. The van der Waals surface area contributed by atoms with Crippen molar-refractivity contribution in [1.82, 2.24) is 4.98 Å². The van der Waals surface area contributed by atoms with Crippen LogP contribution in [0, 0.1) is 28.4 Å². The second-order valence-electron chi connectivity index (χ2n) is 5.79. The third-order valence-electron chi connectivity index (χ3n) is 3.84. The maximum atomic E-state index is 12.9. The van der Waals surface area contributed by atoms with E-state index in [2.05, 4.69) is 16.4 Å². The summed E-state index contributed by atoms with van der Waals surface area (Å²) < 4.78 is 0. The Morgan fingerprint density at radius 1 is 1.29 bits per heavy atom. The molecule has 0 aliphatic rings. The fraction of sp³-hybridized carbons (Fsp3) is 0.0500. The molecule has 0 aliphatic heterocycles. The lowest BCUT2D eigenvalue weighted by Crippen LogP contribution is -2.06. The van der Waals surface area contributed by atoms with Gasteiger partial charge in [-0.2, -0.15) is 5.26 Å². The van der Waals surface area contributed by atoms with Crippen LogP contribution in [0.3, 0.4) is 0 Å². The second-order valence-corrected chi connectivity index (χ2v) is 6.65. The average molecular weight is 390 g/mol. The normalized spacial score (nSPS) is 10.9. The minimum absolute atomic E-state index is 0.143. The number of nitro groups is 1.